The van der Waals surface area contributed by atoms with E-state index in [1.165, 1.54) is 0 Å². The van der Waals surface area contributed by atoms with Crippen LogP contribution in [0.3, 0.4) is 0 Å². The number of carbonyl (C=O) groups is 2. The molecule has 0 aliphatic heterocycles. The summed E-state index contributed by atoms with van der Waals surface area (Å²) in [6, 6.07) is 0. The Labute approximate surface area is 75.0 Å². The molecule has 0 radical (unpaired) electrons. The van der Waals surface area contributed by atoms with Gasteiger partial charge in [-0.2, -0.15) is 0 Å². The van der Waals surface area contributed by atoms with Crippen LogP contribution in [0.1, 0.15) is 13.8 Å². The number of carboxylic acids is 2. The van der Waals surface area contributed by atoms with Crippen molar-refractivity contribution in [3.8, 4) is 0 Å². The van der Waals surface area contributed by atoms with Crippen LogP contribution in [0.15, 0.2) is 0 Å². The second kappa shape index (κ2) is 5.03. The third-order valence-corrected chi connectivity index (χ3v) is 2.91. The fraction of sp³-hybridized carbons (Fsp3) is 0.714. The Bertz CT molecular complexity index is 180. The zero-order chi connectivity index (χ0) is 9.72. The van der Waals surface area contributed by atoms with Crippen LogP contribution in [0.25, 0.3) is 0 Å². The first kappa shape index (κ1) is 11.3. The van der Waals surface area contributed by atoms with E-state index in [0.717, 1.165) is 11.8 Å². The highest BCUT2D eigenvalue weighted by Crippen LogP contribution is 2.18. The van der Waals surface area contributed by atoms with Crippen molar-refractivity contribution in [3.63, 3.8) is 0 Å². The maximum atomic E-state index is 10.4. The Morgan fingerprint density at radius 2 is 1.83 bits per heavy atom. The molecule has 0 aliphatic carbocycles. The third kappa shape index (κ3) is 4.23. The molecule has 0 rings (SSSR count). The van der Waals surface area contributed by atoms with Crippen molar-refractivity contribution in [2.75, 3.05) is 5.75 Å². The van der Waals surface area contributed by atoms with Gasteiger partial charge in [-0.3, -0.25) is 9.59 Å². The summed E-state index contributed by atoms with van der Waals surface area (Å²) in [7, 11) is 0. The second-order valence-electron chi connectivity index (χ2n) is 2.54. The molecule has 2 atom stereocenters. The number of hydrogen-bond acceptors (Lipinski definition) is 3. The van der Waals surface area contributed by atoms with Gasteiger partial charge in [0.05, 0.1) is 11.7 Å². The molecular formula is C7H12O4S. The topological polar surface area (TPSA) is 74.6 Å². The SMILES string of the molecule is CC(SCC(=O)O)C(C)C(=O)O. The van der Waals surface area contributed by atoms with Crippen LogP contribution < -0.4 is 0 Å². The Morgan fingerprint density at radius 3 is 2.17 bits per heavy atom. The van der Waals surface area contributed by atoms with Crippen molar-refractivity contribution < 1.29 is 19.8 Å². The molecule has 5 heteroatoms. The van der Waals surface area contributed by atoms with E-state index in [4.69, 9.17) is 10.2 Å². The summed E-state index contributed by atoms with van der Waals surface area (Å²) >= 11 is 1.14. The van der Waals surface area contributed by atoms with Gasteiger partial charge >= 0.3 is 11.9 Å². The zero-order valence-electron chi connectivity index (χ0n) is 6.98. The van der Waals surface area contributed by atoms with E-state index < -0.39 is 17.9 Å². The van der Waals surface area contributed by atoms with Crippen LogP contribution in [0.2, 0.25) is 0 Å². The van der Waals surface area contributed by atoms with Gasteiger partial charge in [0.2, 0.25) is 0 Å². The average Bonchev–Trinajstić information content (AvgIpc) is 1.98. The summed E-state index contributed by atoms with van der Waals surface area (Å²) in [5, 5.41) is 16.7. The van der Waals surface area contributed by atoms with E-state index in [0.29, 0.717) is 0 Å². The van der Waals surface area contributed by atoms with E-state index in [1.807, 2.05) is 0 Å². The highest BCUT2D eigenvalue weighted by atomic mass is 32.2. The van der Waals surface area contributed by atoms with E-state index in [1.54, 1.807) is 13.8 Å². The first-order chi connectivity index (χ1) is 5.45. The lowest BCUT2D eigenvalue weighted by atomic mass is 10.1. The van der Waals surface area contributed by atoms with Crippen LogP contribution in [0.4, 0.5) is 0 Å². The lowest BCUT2D eigenvalue weighted by Gasteiger charge is -2.13. The van der Waals surface area contributed by atoms with E-state index in [9.17, 15) is 9.59 Å². The van der Waals surface area contributed by atoms with Crippen molar-refractivity contribution in [2.24, 2.45) is 5.92 Å². The molecule has 12 heavy (non-hydrogen) atoms. The van der Waals surface area contributed by atoms with Gasteiger partial charge in [-0.1, -0.05) is 13.8 Å². The lowest BCUT2D eigenvalue weighted by Crippen LogP contribution is -2.21. The quantitative estimate of drug-likeness (QED) is 0.677. The zero-order valence-corrected chi connectivity index (χ0v) is 7.80. The van der Waals surface area contributed by atoms with Crippen LogP contribution in [0, 0.1) is 5.92 Å². The molecular weight excluding hydrogens is 180 g/mol. The van der Waals surface area contributed by atoms with Crippen molar-refractivity contribution >= 4 is 23.7 Å². The fourth-order valence-corrected chi connectivity index (χ4v) is 1.36. The van der Waals surface area contributed by atoms with Crippen LogP contribution in [-0.2, 0) is 9.59 Å². The number of hydrogen-bond donors (Lipinski definition) is 2. The largest absolute Gasteiger partial charge is 0.481 e. The van der Waals surface area contributed by atoms with Gasteiger partial charge in [0.25, 0.3) is 0 Å². The summed E-state index contributed by atoms with van der Waals surface area (Å²) in [4.78, 5) is 20.6. The molecule has 0 amide bonds. The molecule has 0 saturated carbocycles. The predicted molar refractivity (Wildman–Crippen MR) is 46.4 cm³/mol. The van der Waals surface area contributed by atoms with E-state index in [2.05, 4.69) is 0 Å². The van der Waals surface area contributed by atoms with Gasteiger partial charge in [-0.25, -0.2) is 0 Å². The molecule has 2 unspecified atom stereocenters. The van der Waals surface area contributed by atoms with Gasteiger partial charge in [-0.15, -0.1) is 11.8 Å². The molecule has 0 spiro atoms. The second-order valence-corrected chi connectivity index (χ2v) is 3.90. The van der Waals surface area contributed by atoms with Gasteiger partial charge in [0.1, 0.15) is 0 Å². The molecule has 0 heterocycles. The average molecular weight is 192 g/mol. The number of carboxylic acid groups (broad SMARTS) is 2. The third-order valence-electron chi connectivity index (χ3n) is 1.56. The summed E-state index contributed by atoms with van der Waals surface area (Å²) in [5.41, 5.74) is 0. The minimum Gasteiger partial charge on any atom is -0.481 e. The maximum Gasteiger partial charge on any atom is 0.313 e. The van der Waals surface area contributed by atoms with Gasteiger partial charge in [0, 0.05) is 5.25 Å². The Kier molecular flexibility index (Phi) is 4.73. The Balaban J connectivity index is 3.79. The number of thioether (sulfide) groups is 1. The van der Waals surface area contributed by atoms with Crippen LogP contribution in [-0.4, -0.2) is 33.2 Å². The summed E-state index contributed by atoms with van der Waals surface area (Å²) < 4.78 is 0. The summed E-state index contributed by atoms with van der Waals surface area (Å²) in [6.45, 7) is 3.29. The van der Waals surface area contributed by atoms with Crippen molar-refractivity contribution in [3.05, 3.63) is 0 Å². The molecule has 2 N–H and O–H groups in total. The number of aliphatic carboxylic acids is 2. The molecule has 0 aliphatic rings. The first-order valence-electron chi connectivity index (χ1n) is 3.51. The Morgan fingerprint density at radius 1 is 1.33 bits per heavy atom. The van der Waals surface area contributed by atoms with Crippen molar-refractivity contribution in [1.29, 1.82) is 0 Å². The molecule has 0 aromatic heterocycles. The smallest absolute Gasteiger partial charge is 0.313 e. The van der Waals surface area contributed by atoms with E-state index >= 15 is 0 Å². The lowest BCUT2D eigenvalue weighted by molar-refractivity contribution is -0.141. The molecule has 0 fully saturated rings. The number of rotatable bonds is 5. The first-order valence-corrected chi connectivity index (χ1v) is 4.56. The van der Waals surface area contributed by atoms with Gasteiger partial charge in [0.15, 0.2) is 0 Å². The molecule has 70 valence electrons. The minimum atomic E-state index is -0.913. The monoisotopic (exact) mass is 192 g/mol. The Hall–Kier alpha value is -0.710. The van der Waals surface area contributed by atoms with Gasteiger partial charge < -0.3 is 10.2 Å². The summed E-state index contributed by atoms with van der Waals surface area (Å²) in [6.07, 6.45) is 0. The molecule has 0 saturated heterocycles. The normalized spacial score (nSPS) is 15.2. The van der Waals surface area contributed by atoms with Crippen molar-refractivity contribution in [2.45, 2.75) is 19.1 Å². The van der Waals surface area contributed by atoms with E-state index in [-0.39, 0.29) is 11.0 Å². The minimum absolute atomic E-state index is 0.0429. The van der Waals surface area contributed by atoms with Crippen LogP contribution in [0.5, 0.6) is 0 Å². The van der Waals surface area contributed by atoms with Crippen molar-refractivity contribution in [1.82, 2.24) is 0 Å². The molecule has 0 aromatic carbocycles. The predicted octanol–water partition coefficient (Wildman–Crippen LogP) is 0.913. The molecule has 4 nitrogen and oxygen atoms in total. The standard InChI is InChI=1S/C7H12O4S/c1-4(7(10)11)5(2)12-3-6(8)9/h4-5H,3H2,1-2H3,(H,8,9)(H,10,11). The van der Waals surface area contributed by atoms with Gasteiger partial charge in [-0.05, 0) is 0 Å². The highest BCUT2D eigenvalue weighted by Gasteiger charge is 2.20. The summed E-state index contributed by atoms with van der Waals surface area (Å²) in [5.74, 6) is -2.35. The highest BCUT2D eigenvalue weighted by molar-refractivity contribution is 8.00. The molecule has 0 bridgehead atoms. The molecule has 0 aromatic rings. The maximum absolute atomic E-state index is 10.4. The van der Waals surface area contributed by atoms with Crippen LogP contribution >= 0.6 is 11.8 Å². The fourth-order valence-electron chi connectivity index (χ4n) is 0.548.